The Balaban J connectivity index is 2.63. The van der Waals surface area contributed by atoms with Gasteiger partial charge in [0.2, 0.25) is 0 Å². The Bertz CT molecular complexity index is 400. The average Bonchev–Trinajstić information content (AvgIpc) is 2.38. The summed E-state index contributed by atoms with van der Waals surface area (Å²) in [6, 6.07) is 6.17. The number of halogens is 3. The standard InChI is InChI=1S/C15H22F3NO2/c1-4-5-13(10-20-3)19-11(2)12-6-8-14(9-7-12)21-15(16,17)18/h6-9,11,13,19H,4-5,10H2,1-3H3. The van der Waals surface area contributed by atoms with Crippen molar-refractivity contribution in [3.63, 3.8) is 0 Å². The van der Waals surface area contributed by atoms with E-state index >= 15 is 0 Å². The molecule has 2 unspecified atom stereocenters. The number of alkyl halides is 3. The molecule has 0 fully saturated rings. The lowest BCUT2D eigenvalue weighted by atomic mass is 10.1. The third-order valence-electron chi connectivity index (χ3n) is 3.10. The maximum atomic E-state index is 12.1. The van der Waals surface area contributed by atoms with Gasteiger partial charge in [-0.05, 0) is 31.0 Å². The van der Waals surface area contributed by atoms with Gasteiger partial charge in [0.05, 0.1) is 6.61 Å². The minimum Gasteiger partial charge on any atom is -0.406 e. The van der Waals surface area contributed by atoms with Crippen LogP contribution in [0.15, 0.2) is 24.3 Å². The van der Waals surface area contributed by atoms with Crippen molar-refractivity contribution >= 4 is 0 Å². The van der Waals surface area contributed by atoms with Crippen LogP contribution in [-0.4, -0.2) is 26.1 Å². The largest absolute Gasteiger partial charge is 0.573 e. The van der Waals surface area contributed by atoms with Crippen molar-refractivity contribution in [2.24, 2.45) is 0 Å². The van der Waals surface area contributed by atoms with Crippen molar-refractivity contribution in [3.8, 4) is 5.75 Å². The second-order valence-electron chi connectivity index (χ2n) is 4.95. The van der Waals surface area contributed by atoms with Gasteiger partial charge in [-0.2, -0.15) is 0 Å². The van der Waals surface area contributed by atoms with Gasteiger partial charge in [-0.3, -0.25) is 0 Å². The number of nitrogens with one attached hydrogen (secondary N) is 1. The molecule has 0 saturated carbocycles. The molecule has 0 spiro atoms. The topological polar surface area (TPSA) is 30.5 Å². The third kappa shape index (κ3) is 6.82. The van der Waals surface area contributed by atoms with Gasteiger partial charge in [-0.1, -0.05) is 25.5 Å². The highest BCUT2D eigenvalue weighted by Gasteiger charge is 2.31. The van der Waals surface area contributed by atoms with Crippen LogP contribution >= 0.6 is 0 Å². The minimum absolute atomic E-state index is 0.0247. The van der Waals surface area contributed by atoms with E-state index in [0.717, 1.165) is 18.4 Å². The molecule has 0 aliphatic rings. The summed E-state index contributed by atoms with van der Waals surface area (Å²) in [7, 11) is 1.65. The Kier molecular flexibility index (Phi) is 6.98. The fourth-order valence-corrected chi connectivity index (χ4v) is 2.17. The molecule has 6 heteroatoms. The summed E-state index contributed by atoms with van der Waals surface area (Å²) < 4.78 is 45.3. The van der Waals surface area contributed by atoms with Crippen molar-refractivity contribution in [1.29, 1.82) is 0 Å². The summed E-state index contributed by atoms with van der Waals surface area (Å²) in [4.78, 5) is 0. The molecule has 0 heterocycles. The first-order valence-electron chi connectivity index (χ1n) is 6.96. The zero-order valence-electron chi connectivity index (χ0n) is 12.5. The Morgan fingerprint density at radius 1 is 1.19 bits per heavy atom. The number of rotatable bonds is 8. The average molecular weight is 305 g/mol. The summed E-state index contributed by atoms with van der Waals surface area (Å²) in [5.74, 6) is -0.208. The van der Waals surface area contributed by atoms with E-state index in [-0.39, 0.29) is 17.8 Å². The van der Waals surface area contributed by atoms with E-state index in [4.69, 9.17) is 4.74 Å². The molecule has 0 amide bonds. The number of hydrogen-bond acceptors (Lipinski definition) is 3. The molecule has 21 heavy (non-hydrogen) atoms. The van der Waals surface area contributed by atoms with Gasteiger partial charge in [0.1, 0.15) is 5.75 Å². The van der Waals surface area contributed by atoms with E-state index in [1.165, 1.54) is 12.1 Å². The van der Waals surface area contributed by atoms with Crippen LogP contribution in [0.25, 0.3) is 0 Å². The first kappa shape index (κ1) is 17.8. The molecule has 0 bridgehead atoms. The smallest absolute Gasteiger partial charge is 0.406 e. The first-order chi connectivity index (χ1) is 9.85. The van der Waals surface area contributed by atoms with Crippen LogP contribution in [0.4, 0.5) is 13.2 Å². The zero-order chi connectivity index (χ0) is 15.9. The van der Waals surface area contributed by atoms with Gasteiger partial charge < -0.3 is 14.8 Å². The van der Waals surface area contributed by atoms with Crippen LogP contribution in [0.1, 0.15) is 38.3 Å². The second-order valence-corrected chi connectivity index (χ2v) is 4.95. The summed E-state index contributed by atoms with van der Waals surface area (Å²) >= 11 is 0. The van der Waals surface area contributed by atoms with Crippen molar-refractivity contribution < 1.29 is 22.6 Å². The zero-order valence-corrected chi connectivity index (χ0v) is 12.5. The molecule has 1 aromatic carbocycles. The van der Waals surface area contributed by atoms with Crippen LogP contribution in [0.3, 0.4) is 0 Å². The SMILES string of the molecule is CCCC(COC)NC(C)c1ccc(OC(F)(F)F)cc1. The first-order valence-corrected chi connectivity index (χ1v) is 6.96. The predicted molar refractivity (Wildman–Crippen MR) is 75.2 cm³/mol. The Morgan fingerprint density at radius 2 is 1.81 bits per heavy atom. The molecule has 0 radical (unpaired) electrons. The van der Waals surface area contributed by atoms with Gasteiger partial charge >= 0.3 is 6.36 Å². The highest BCUT2D eigenvalue weighted by Crippen LogP contribution is 2.24. The highest BCUT2D eigenvalue weighted by molar-refractivity contribution is 5.29. The molecule has 0 saturated heterocycles. The molecular weight excluding hydrogens is 283 g/mol. The molecule has 0 aliphatic carbocycles. The maximum absolute atomic E-state index is 12.1. The maximum Gasteiger partial charge on any atom is 0.573 e. The third-order valence-corrected chi connectivity index (χ3v) is 3.10. The lowest BCUT2D eigenvalue weighted by Gasteiger charge is -2.23. The molecule has 120 valence electrons. The van der Waals surface area contributed by atoms with E-state index in [0.29, 0.717) is 6.61 Å². The lowest BCUT2D eigenvalue weighted by molar-refractivity contribution is -0.274. The summed E-state index contributed by atoms with van der Waals surface area (Å²) in [6.45, 7) is 4.67. The normalized spacial score (nSPS) is 14.8. The van der Waals surface area contributed by atoms with Crippen LogP contribution in [0.5, 0.6) is 5.75 Å². The summed E-state index contributed by atoms with van der Waals surface area (Å²) in [5.41, 5.74) is 0.904. The number of benzene rings is 1. The van der Waals surface area contributed by atoms with Gasteiger partial charge in [-0.25, -0.2) is 0 Å². The Morgan fingerprint density at radius 3 is 2.29 bits per heavy atom. The van der Waals surface area contributed by atoms with Crippen LogP contribution in [0, 0.1) is 0 Å². The lowest BCUT2D eigenvalue weighted by Crippen LogP contribution is -2.35. The molecule has 0 aromatic heterocycles. The van der Waals surface area contributed by atoms with Crippen LogP contribution < -0.4 is 10.1 Å². The van der Waals surface area contributed by atoms with Crippen molar-refractivity contribution in [1.82, 2.24) is 5.32 Å². The van der Waals surface area contributed by atoms with E-state index in [2.05, 4.69) is 17.0 Å². The van der Waals surface area contributed by atoms with E-state index in [9.17, 15) is 13.2 Å². The Labute approximate surface area is 123 Å². The molecule has 2 atom stereocenters. The van der Waals surface area contributed by atoms with Crippen molar-refractivity contribution in [2.75, 3.05) is 13.7 Å². The van der Waals surface area contributed by atoms with E-state index in [1.807, 2.05) is 6.92 Å². The summed E-state index contributed by atoms with van der Waals surface area (Å²) in [6.07, 6.45) is -2.64. The molecule has 0 aliphatic heterocycles. The monoisotopic (exact) mass is 305 g/mol. The molecule has 1 rings (SSSR count). The van der Waals surface area contributed by atoms with Crippen LogP contribution in [-0.2, 0) is 4.74 Å². The van der Waals surface area contributed by atoms with Gasteiger partial charge in [0.15, 0.2) is 0 Å². The fraction of sp³-hybridized carbons (Fsp3) is 0.600. The van der Waals surface area contributed by atoms with Gasteiger partial charge in [0, 0.05) is 19.2 Å². The molecule has 1 aromatic rings. The highest BCUT2D eigenvalue weighted by atomic mass is 19.4. The van der Waals surface area contributed by atoms with E-state index < -0.39 is 6.36 Å². The summed E-state index contributed by atoms with van der Waals surface area (Å²) in [5, 5.41) is 3.41. The van der Waals surface area contributed by atoms with Crippen molar-refractivity contribution in [2.45, 2.75) is 45.1 Å². The number of hydrogen-bond donors (Lipinski definition) is 1. The Hall–Kier alpha value is -1.27. The predicted octanol–water partition coefficient (Wildman–Crippen LogP) is 4.05. The molecule has 3 nitrogen and oxygen atoms in total. The quantitative estimate of drug-likeness (QED) is 0.786. The molecule has 1 N–H and O–H groups in total. The fourth-order valence-electron chi connectivity index (χ4n) is 2.17. The number of ether oxygens (including phenoxy) is 2. The van der Waals surface area contributed by atoms with Gasteiger partial charge in [0.25, 0.3) is 0 Å². The second kappa shape index (κ2) is 8.24. The van der Waals surface area contributed by atoms with E-state index in [1.54, 1.807) is 19.2 Å². The van der Waals surface area contributed by atoms with Crippen LogP contribution in [0.2, 0.25) is 0 Å². The number of methoxy groups -OCH3 is 1. The van der Waals surface area contributed by atoms with Gasteiger partial charge in [-0.15, -0.1) is 13.2 Å². The minimum atomic E-state index is -4.66. The molecular formula is C15H22F3NO2. The van der Waals surface area contributed by atoms with Crippen molar-refractivity contribution in [3.05, 3.63) is 29.8 Å².